The lowest BCUT2D eigenvalue weighted by Crippen LogP contribution is -2.51. The number of piperazine rings is 1. The predicted molar refractivity (Wildman–Crippen MR) is 260 cm³/mol. The van der Waals surface area contributed by atoms with Gasteiger partial charge in [0.1, 0.15) is 23.5 Å². The molecular formula is C52H61F2N9O4. The molecule has 4 N–H and O–H groups in total. The molecule has 1 amide bonds. The van der Waals surface area contributed by atoms with Crippen molar-refractivity contribution < 1.29 is 23.5 Å². The Labute approximate surface area is 390 Å². The number of fused-ring (bicyclic) bond motifs is 1. The second-order valence-electron chi connectivity index (χ2n) is 18.7. The Balaban J connectivity index is 0.762. The average Bonchev–Trinajstić information content (AvgIpc) is 3.66. The molecule has 3 fully saturated rings. The number of benzene rings is 2. The number of aliphatic hydroxyl groups excluding tert-OH is 1. The van der Waals surface area contributed by atoms with E-state index in [9.17, 15) is 19.5 Å². The highest BCUT2D eigenvalue weighted by molar-refractivity contribution is 6.05. The molecule has 3 unspecified atom stereocenters. The van der Waals surface area contributed by atoms with Gasteiger partial charge in [-0.1, -0.05) is 11.6 Å². The Bertz CT molecular complexity index is 2780. The van der Waals surface area contributed by atoms with Crippen molar-refractivity contribution >= 4 is 45.4 Å². The molecule has 15 heteroatoms. The Hall–Kier alpha value is -6.16. The first-order chi connectivity index (χ1) is 32.3. The predicted octanol–water partition coefficient (Wildman–Crippen LogP) is 7.33. The largest absolute Gasteiger partial charge is 0.388 e. The summed E-state index contributed by atoms with van der Waals surface area (Å²) in [5.74, 6) is -0.513. The Morgan fingerprint density at radius 1 is 0.925 bits per heavy atom. The van der Waals surface area contributed by atoms with E-state index in [1.807, 2.05) is 38.2 Å². The number of piperidine rings is 1. The van der Waals surface area contributed by atoms with Crippen LogP contribution in [0.2, 0.25) is 0 Å². The van der Waals surface area contributed by atoms with Gasteiger partial charge in [0.25, 0.3) is 5.56 Å². The van der Waals surface area contributed by atoms with Crippen molar-refractivity contribution in [3.8, 4) is 5.69 Å². The minimum absolute atomic E-state index is 0.0305. The number of ketones is 1. The number of nitrogens with one attached hydrogen (secondary N) is 3. The number of aryl methyl sites for hydroxylation is 2. The summed E-state index contributed by atoms with van der Waals surface area (Å²) in [7, 11) is 3.79. The molecule has 9 rings (SSSR count). The second-order valence-corrected chi connectivity index (χ2v) is 18.7. The summed E-state index contributed by atoms with van der Waals surface area (Å²) >= 11 is 0. The number of carbonyl (C=O) groups is 2. The van der Waals surface area contributed by atoms with Gasteiger partial charge in [0.15, 0.2) is 5.78 Å². The van der Waals surface area contributed by atoms with E-state index in [0.717, 1.165) is 110 Å². The lowest BCUT2D eigenvalue weighted by Gasteiger charge is -2.38. The average molecular weight is 914 g/mol. The van der Waals surface area contributed by atoms with Crippen LogP contribution in [0.5, 0.6) is 0 Å². The Morgan fingerprint density at radius 3 is 2.40 bits per heavy atom. The molecule has 352 valence electrons. The third-order valence-corrected chi connectivity index (χ3v) is 14.5. The summed E-state index contributed by atoms with van der Waals surface area (Å²) in [6.45, 7) is 9.50. The van der Waals surface area contributed by atoms with Crippen LogP contribution in [0.4, 0.5) is 25.8 Å². The minimum Gasteiger partial charge on any atom is -0.388 e. The zero-order valence-corrected chi connectivity index (χ0v) is 38.8. The van der Waals surface area contributed by atoms with Crippen molar-refractivity contribution in [3.05, 3.63) is 129 Å². The number of allylic oxidation sites excluding steroid dienone is 2. The third kappa shape index (κ3) is 9.81. The van der Waals surface area contributed by atoms with E-state index in [-0.39, 0.29) is 41.0 Å². The van der Waals surface area contributed by atoms with E-state index < -0.39 is 6.23 Å². The summed E-state index contributed by atoms with van der Waals surface area (Å²) in [5.41, 5.74) is 8.17. The summed E-state index contributed by atoms with van der Waals surface area (Å²) in [6, 6.07) is 15.4. The number of carbonyl (C=O) groups excluding carboxylic acids is 2. The van der Waals surface area contributed by atoms with Gasteiger partial charge in [0, 0.05) is 124 Å². The molecule has 3 atom stereocenters. The molecule has 6 heterocycles. The number of nitrogens with zero attached hydrogens (tertiary/aromatic N) is 6. The lowest BCUT2D eigenvalue weighted by atomic mass is 9.84. The fourth-order valence-corrected chi connectivity index (χ4v) is 10.6. The van der Waals surface area contributed by atoms with Crippen LogP contribution in [0.3, 0.4) is 0 Å². The molecule has 13 nitrogen and oxygen atoms in total. The SMILES string of the molecule is CNc1ccn(-c2ccnc3c2cc(C(C)N2CC=C(c4c(C)cc(C(=O)C=C5CCC(CN6CCN(c7ccc(NC8CCC(=O)NC8O)cc7F)CC6)CC5)cc4F)CC2)n3C)c(=O)c1. The summed E-state index contributed by atoms with van der Waals surface area (Å²) in [4.78, 5) is 49.6. The molecule has 1 aliphatic carbocycles. The van der Waals surface area contributed by atoms with E-state index in [1.54, 1.807) is 42.2 Å². The molecular weight excluding hydrogens is 853 g/mol. The molecule has 67 heavy (non-hydrogen) atoms. The highest BCUT2D eigenvalue weighted by Gasteiger charge is 2.29. The van der Waals surface area contributed by atoms with Crippen molar-refractivity contribution in [3.63, 3.8) is 0 Å². The van der Waals surface area contributed by atoms with Gasteiger partial charge in [-0.3, -0.25) is 28.8 Å². The summed E-state index contributed by atoms with van der Waals surface area (Å²) in [5, 5.41) is 19.7. The molecule has 0 spiro atoms. The second kappa shape index (κ2) is 19.6. The molecule has 2 saturated heterocycles. The van der Waals surface area contributed by atoms with E-state index in [2.05, 4.69) is 59.3 Å². The monoisotopic (exact) mass is 913 g/mol. The molecule has 4 aliphatic rings. The maximum atomic E-state index is 16.0. The number of hydrogen-bond donors (Lipinski definition) is 4. The van der Waals surface area contributed by atoms with Crippen LogP contribution in [0.15, 0.2) is 89.5 Å². The molecule has 0 radical (unpaired) electrons. The minimum atomic E-state index is -1.01. The first-order valence-electron chi connectivity index (χ1n) is 23.7. The number of rotatable bonds is 12. The Kier molecular flexibility index (Phi) is 13.4. The number of aliphatic hydroxyl groups is 1. The third-order valence-electron chi connectivity index (χ3n) is 14.5. The molecule has 0 bridgehead atoms. The van der Waals surface area contributed by atoms with Gasteiger partial charge in [0.2, 0.25) is 5.91 Å². The smallest absolute Gasteiger partial charge is 0.257 e. The maximum Gasteiger partial charge on any atom is 0.257 e. The van der Waals surface area contributed by atoms with Crippen molar-refractivity contribution in [2.45, 2.75) is 77.1 Å². The first kappa shape index (κ1) is 46.0. The van der Waals surface area contributed by atoms with Gasteiger partial charge in [-0.15, -0.1) is 0 Å². The zero-order valence-electron chi connectivity index (χ0n) is 38.8. The number of halogens is 2. The summed E-state index contributed by atoms with van der Waals surface area (Å²) in [6.07, 6.45) is 11.5. The van der Waals surface area contributed by atoms with Crippen LogP contribution in [0, 0.1) is 24.5 Å². The van der Waals surface area contributed by atoms with Gasteiger partial charge in [-0.25, -0.2) is 13.8 Å². The first-order valence-corrected chi connectivity index (χ1v) is 23.7. The van der Waals surface area contributed by atoms with E-state index >= 15 is 8.78 Å². The molecule has 3 aliphatic heterocycles. The number of amides is 1. The van der Waals surface area contributed by atoms with Crippen molar-refractivity contribution in [1.29, 1.82) is 0 Å². The van der Waals surface area contributed by atoms with Crippen molar-refractivity contribution in [1.82, 2.24) is 29.2 Å². The van der Waals surface area contributed by atoms with E-state index in [4.69, 9.17) is 0 Å². The standard InChI is InChI=1S/C52H61F2N9O4/c1-32-25-37(27-42(54)50(32)36-14-18-61(19-15-36)33(2)46-30-40-44(13-17-56-51(40)59(46)4)63-20-16-38(55-3)29-49(63)66)47(64)26-34-5-7-35(8-6-34)31-60-21-23-62(24-22-60)45-11-9-39(28-41(45)53)57-43-10-12-48(65)58-52(43)67/h9,11,13-14,16-17,20,25-30,33,35,43,52,55,57,67H,5-8,10,12,15,18-19,21-24,31H2,1-4H3,(H,58,65). The van der Waals surface area contributed by atoms with Gasteiger partial charge < -0.3 is 30.5 Å². The molecule has 1 saturated carbocycles. The summed E-state index contributed by atoms with van der Waals surface area (Å²) < 4.78 is 35.0. The Morgan fingerprint density at radius 2 is 1.72 bits per heavy atom. The van der Waals surface area contributed by atoms with Crippen molar-refractivity contribution in [2.75, 3.05) is 68.4 Å². The number of hydrogen-bond acceptors (Lipinski definition) is 10. The number of aromatic nitrogens is 3. The van der Waals surface area contributed by atoms with Gasteiger partial charge >= 0.3 is 0 Å². The lowest BCUT2D eigenvalue weighted by molar-refractivity contribution is -0.126. The van der Waals surface area contributed by atoms with Crippen molar-refractivity contribution in [2.24, 2.45) is 13.0 Å². The quantitative estimate of drug-likeness (QED) is 0.0744. The van der Waals surface area contributed by atoms with Crippen LogP contribution >= 0.6 is 0 Å². The normalized spacial score (nSPS) is 21.2. The molecule has 2 aromatic carbocycles. The number of anilines is 3. The van der Waals surface area contributed by atoms with Gasteiger partial charge in [0.05, 0.1) is 17.4 Å². The van der Waals surface area contributed by atoms with Crippen LogP contribution < -0.4 is 26.4 Å². The van der Waals surface area contributed by atoms with Crippen LogP contribution in [-0.4, -0.2) is 106 Å². The zero-order chi connectivity index (χ0) is 46.9. The fraction of sp³-hybridized carbons (Fsp3) is 0.423. The van der Waals surface area contributed by atoms with E-state index in [0.29, 0.717) is 54.2 Å². The highest BCUT2D eigenvalue weighted by Crippen LogP contribution is 2.35. The number of pyridine rings is 2. The van der Waals surface area contributed by atoms with E-state index in [1.165, 1.54) is 12.1 Å². The molecule has 3 aromatic heterocycles. The maximum absolute atomic E-state index is 16.0. The van der Waals surface area contributed by atoms with Crippen LogP contribution in [-0.2, 0) is 11.8 Å². The van der Waals surface area contributed by atoms with Gasteiger partial charge in [-0.2, -0.15) is 0 Å². The fourth-order valence-electron chi connectivity index (χ4n) is 10.6. The highest BCUT2D eigenvalue weighted by atomic mass is 19.1. The molecule has 5 aromatic rings. The van der Waals surface area contributed by atoms with Crippen LogP contribution in [0.1, 0.15) is 85.1 Å². The van der Waals surface area contributed by atoms with Gasteiger partial charge in [-0.05, 0) is 124 Å². The topological polar surface area (TPSA) is 140 Å². The van der Waals surface area contributed by atoms with Crippen LogP contribution in [0.25, 0.3) is 22.3 Å².